The van der Waals surface area contributed by atoms with Gasteiger partial charge in [0.25, 0.3) is 10.9 Å². The molecule has 1 aliphatic rings. The van der Waals surface area contributed by atoms with Crippen molar-refractivity contribution in [3.8, 4) is 0 Å². The van der Waals surface area contributed by atoms with Gasteiger partial charge in [0.15, 0.2) is 0 Å². The Bertz CT molecular complexity index is 3100. The first-order chi connectivity index (χ1) is 45.2. The summed E-state index contributed by atoms with van der Waals surface area (Å²) in [5, 5.41) is 96.7. The fraction of sp³-hybridized carbons (Fsp3) is 0.561. The third-order valence-electron chi connectivity index (χ3n) is 14.6. The smallest absolute Gasteiger partial charge is 0.328 e. The zero-order chi connectivity index (χ0) is 70.1. The number of H-pyrrole nitrogens is 1. The minimum absolute atomic E-state index is 0.00128. The summed E-state index contributed by atoms with van der Waals surface area (Å²) in [4.78, 5) is 189. The van der Waals surface area contributed by atoms with Gasteiger partial charge in [-0.2, -0.15) is 0 Å². The predicted molar refractivity (Wildman–Crippen MR) is 328 cm³/mol. The van der Waals surface area contributed by atoms with E-state index in [-0.39, 0.29) is 135 Å². The van der Waals surface area contributed by atoms with Crippen LogP contribution in [0, 0.1) is 0 Å². The van der Waals surface area contributed by atoms with Crippen LogP contribution in [-0.4, -0.2) is 309 Å². The molecule has 0 aliphatic carbocycles. The third-order valence-corrected chi connectivity index (χ3v) is 14.6. The van der Waals surface area contributed by atoms with Crippen LogP contribution in [0.4, 0.5) is 11.4 Å². The zero-order valence-electron chi connectivity index (χ0n) is 51.9. The number of aromatic nitrogens is 2. The fourth-order valence-corrected chi connectivity index (χ4v) is 9.62. The molecule has 7 atom stereocenters. The lowest BCUT2D eigenvalue weighted by atomic mass is 10.0. The topological polar surface area (TPSA) is 557 Å². The summed E-state index contributed by atoms with van der Waals surface area (Å²) >= 11 is 0. The van der Waals surface area contributed by atoms with E-state index in [0.29, 0.717) is 5.56 Å². The number of aliphatic carboxylic acids is 6. The van der Waals surface area contributed by atoms with Crippen molar-refractivity contribution in [2.75, 3.05) is 135 Å². The molecule has 0 radical (unpaired) electrons. The summed E-state index contributed by atoms with van der Waals surface area (Å²) in [6.45, 7) is -2.22. The minimum Gasteiger partial charge on any atom is -0.481 e. The van der Waals surface area contributed by atoms with Crippen molar-refractivity contribution in [1.29, 1.82) is 0 Å². The zero-order valence-corrected chi connectivity index (χ0v) is 51.9. The van der Waals surface area contributed by atoms with E-state index in [0.717, 1.165) is 0 Å². The van der Waals surface area contributed by atoms with Crippen LogP contribution in [0.2, 0.25) is 0 Å². The first-order valence-corrected chi connectivity index (χ1v) is 29.9. The van der Waals surface area contributed by atoms with E-state index in [2.05, 4.69) is 52.5 Å². The van der Waals surface area contributed by atoms with Gasteiger partial charge in [-0.3, -0.25) is 81.9 Å². The summed E-state index contributed by atoms with van der Waals surface area (Å²) in [5.74, 6) is -14.1. The number of carbonyl (C=O) groups is 12. The second-order valence-corrected chi connectivity index (χ2v) is 21.8. The predicted octanol–water partition coefficient (Wildman–Crippen LogP) is -7.47. The molecule has 0 bridgehead atoms. The SMILES string of the molecule is C[C@H](NC(=O)[C@H](CC(=O)O)NC(=O)COCCOCCNc1c(NCCCC(C(=O)O)N2CCN(CC(=O)O)CCN(CC(=O)O)CCN(CC(=O)O)CC2)c(=O)c1=O)C(=O)N[C@@H](Cc1c[nH]cn1)C(=O)N[C@@H](CO)C(=O)N[C@@H](Cc1ccccc1)C(=O)N[C@@H](CO)C(=O)O. The van der Waals surface area contributed by atoms with Crippen molar-refractivity contribution in [3.63, 3.8) is 0 Å². The summed E-state index contributed by atoms with van der Waals surface area (Å²) < 4.78 is 10.8. The number of aliphatic hydroxyl groups is 2. The number of nitrogens with zero attached hydrogens (tertiary/aromatic N) is 5. The second-order valence-electron chi connectivity index (χ2n) is 21.8. The molecule has 38 heteroatoms. The van der Waals surface area contributed by atoms with E-state index in [4.69, 9.17) is 9.47 Å². The van der Waals surface area contributed by atoms with E-state index in [1.807, 2.05) is 0 Å². The molecule has 2 aromatic carbocycles. The average molecular weight is 1350 g/mol. The van der Waals surface area contributed by atoms with Gasteiger partial charge in [-0.15, -0.1) is 0 Å². The van der Waals surface area contributed by atoms with Crippen molar-refractivity contribution in [1.82, 2.24) is 61.5 Å². The molecule has 1 aliphatic heterocycles. The average Bonchev–Trinajstić information content (AvgIpc) is 1.03. The molecule has 1 unspecified atom stereocenters. The van der Waals surface area contributed by atoms with E-state index in [1.54, 1.807) is 49.9 Å². The molecule has 95 heavy (non-hydrogen) atoms. The third kappa shape index (κ3) is 27.9. The van der Waals surface area contributed by atoms with Crippen molar-refractivity contribution >= 4 is 82.6 Å². The van der Waals surface area contributed by atoms with E-state index in [9.17, 15) is 108 Å². The van der Waals surface area contributed by atoms with Crippen molar-refractivity contribution in [2.24, 2.45) is 0 Å². The number of hydrogen-bond donors (Lipinski definition) is 17. The van der Waals surface area contributed by atoms with Gasteiger partial charge in [0, 0.05) is 84.5 Å². The summed E-state index contributed by atoms with van der Waals surface area (Å²) in [5.41, 5.74) is -1.03. The molecule has 0 saturated carbocycles. The first kappa shape index (κ1) is 77.9. The molecule has 524 valence electrons. The maximum atomic E-state index is 13.8. The van der Waals surface area contributed by atoms with Crippen LogP contribution >= 0.6 is 0 Å². The number of amides is 6. The molecule has 0 spiro atoms. The van der Waals surface area contributed by atoms with E-state index < -0.39 is 164 Å². The number of aliphatic hydroxyl groups excluding tert-OH is 2. The van der Waals surface area contributed by atoms with Crippen molar-refractivity contribution in [2.45, 2.75) is 81.3 Å². The highest BCUT2D eigenvalue weighted by atomic mass is 16.5. The van der Waals surface area contributed by atoms with Crippen LogP contribution in [0.25, 0.3) is 0 Å². The van der Waals surface area contributed by atoms with E-state index >= 15 is 0 Å². The summed E-state index contributed by atoms with van der Waals surface area (Å²) in [6.07, 6.45) is 1.32. The highest BCUT2D eigenvalue weighted by Gasteiger charge is 2.35. The van der Waals surface area contributed by atoms with Crippen LogP contribution in [-0.2, 0) is 79.8 Å². The molecule has 3 aromatic rings. The van der Waals surface area contributed by atoms with Crippen LogP contribution in [0.15, 0.2) is 52.4 Å². The van der Waals surface area contributed by atoms with Crippen LogP contribution < -0.4 is 53.4 Å². The molecule has 1 saturated heterocycles. The molecule has 2 heterocycles. The lowest BCUT2D eigenvalue weighted by molar-refractivity contribution is -0.145. The Hall–Kier alpha value is -9.57. The maximum absolute atomic E-state index is 13.8. The largest absolute Gasteiger partial charge is 0.481 e. The van der Waals surface area contributed by atoms with Crippen molar-refractivity contribution < 1.29 is 108 Å². The summed E-state index contributed by atoms with van der Waals surface area (Å²) in [6, 6.07) is -2.85. The van der Waals surface area contributed by atoms with Gasteiger partial charge < -0.3 is 97.8 Å². The number of ether oxygens (including phenoxy) is 2. The molecular weight excluding hydrogens is 1260 g/mol. The molecule has 1 fully saturated rings. The normalized spacial score (nSPS) is 15.9. The van der Waals surface area contributed by atoms with E-state index in [1.165, 1.54) is 19.4 Å². The quantitative estimate of drug-likeness (QED) is 0.0185. The molecular formula is C57H82N14O24. The number of aromatic amines is 1. The lowest BCUT2D eigenvalue weighted by Crippen LogP contribution is -2.60. The monoisotopic (exact) mass is 1350 g/mol. The Morgan fingerprint density at radius 3 is 1.53 bits per heavy atom. The van der Waals surface area contributed by atoms with Crippen molar-refractivity contribution in [3.05, 3.63) is 74.6 Å². The van der Waals surface area contributed by atoms with Gasteiger partial charge in [0.05, 0.1) is 71.1 Å². The highest BCUT2D eigenvalue weighted by molar-refractivity contribution is 5.97. The Morgan fingerprint density at radius 2 is 1.02 bits per heavy atom. The lowest BCUT2D eigenvalue weighted by Gasteiger charge is -2.35. The Labute approximate surface area is 541 Å². The highest BCUT2D eigenvalue weighted by Crippen LogP contribution is 2.16. The number of carbonyl (C=O) groups excluding carboxylic acids is 6. The van der Waals surface area contributed by atoms with Crippen LogP contribution in [0.1, 0.15) is 37.4 Å². The fourth-order valence-electron chi connectivity index (χ4n) is 9.62. The number of imidazole rings is 1. The van der Waals surface area contributed by atoms with Gasteiger partial charge in [-0.05, 0) is 25.3 Å². The number of rotatable bonds is 42. The number of carboxylic acid groups (broad SMARTS) is 6. The minimum atomic E-state index is -1.78. The van der Waals surface area contributed by atoms with Gasteiger partial charge in [0.2, 0.25) is 35.4 Å². The standard InChI is InChI=1S/C57H82N14O24/c1-33(51(85)64-37(23-35-25-58-32-61-35)54(88)66-39(29-72)55(89)65-36(22-34-6-3-2-4-7-34)53(87)67-40(30-73)56(90)91)62-52(86)38(24-43(75)76)63-42(74)31-95-21-20-94-19-10-60-48-47(49(83)50(48)84)59-9-5-8-41(57(92)93)71-17-15-69(27-45(79)80)13-11-68(26-44(77)78)12-14-70(16-18-71)28-46(81)82/h2-4,6-7,25,32-33,36-41,59-60,72-73H,5,8-24,26-31H2,1H3,(H,58,61)(H,62,86)(H,63,74)(H,64,85)(H,65,89)(H,66,88)(H,67,87)(H,75,76)(H,77,78)(H,79,80)(H,81,82)(H,90,91)(H,92,93)/t33-,36-,37-,38-,39-,40-,41?/m0/s1. The molecule has 1 aromatic heterocycles. The molecule has 17 N–H and O–H groups in total. The van der Waals surface area contributed by atoms with Gasteiger partial charge in [-0.1, -0.05) is 30.3 Å². The number of hydrogen-bond acceptors (Lipinski definition) is 25. The van der Waals surface area contributed by atoms with Crippen LogP contribution in [0.3, 0.4) is 0 Å². The number of nitrogens with one attached hydrogen (secondary N) is 9. The molecule has 4 rings (SSSR count). The Balaban J connectivity index is 1.24. The first-order valence-electron chi connectivity index (χ1n) is 29.9. The molecule has 6 amide bonds. The van der Waals surface area contributed by atoms with Gasteiger partial charge in [0.1, 0.15) is 60.3 Å². The Kier molecular flexibility index (Phi) is 33.2. The van der Waals surface area contributed by atoms with Gasteiger partial charge in [-0.25, -0.2) is 9.78 Å². The van der Waals surface area contributed by atoms with Gasteiger partial charge >= 0.3 is 35.8 Å². The molecule has 38 nitrogen and oxygen atoms in total. The summed E-state index contributed by atoms with van der Waals surface area (Å²) in [7, 11) is 0. The second kappa shape index (κ2) is 40.5. The number of carboxylic acids is 6. The van der Waals surface area contributed by atoms with Crippen LogP contribution in [0.5, 0.6) is 0 Å². The Morgan fingerprint density at radius 1 is 0.537 bits per heavy atom. The number of anilines is 2. The maximum Gasteiger partial charge on any atom is 0.328 e. The number of benzene rings is 1.